The normalized spacial score (nSPS) is 13.3. The number of aryl methyl sites for hydroxylation is 2. The fourth-order valence-electron chi connectivity index (χ4n) is 4.71. The molecule has 0 saturated carbocycles. The third kappa shape index (κ3) is 4.05. The predicted octanol–water partition coefficient (Wildman–Crippen LogP) is 4.88. The molecule has 0 bridgehead atoms. The molecule has 5 rings (SSSR count). The van der Waals surface area contributed by atoms with E-state index in [0.717, 1.165) is 42.6 Å². The van der Waals surface area contributed by atoms with Crippen LogP contribution in [0.25, 0.3) is 22.2 Å². The molecule has 0 aliphatic carbocycles. The lowest BCUT2D eigenvalue weighted by molar-refractivity contribution is -0.116. The quantitative estimate of drug-likeness (QED) is 0.296. The molecule has 4 aromatic rings. The van der Waals surface area contributed by atoms with Gasteiger partial charge in [0.2, 0.25) is 5.91 Å². The highest BCUT2D eigenvalue weighted by Gasteiger charge is 2.24. The molecule has 1 aliphatic heterocycles. The number of para-hydroxylation sites is 1. The van der Waals surface area contributed by atoms with E-state index in [-0.39, 0.29) is 17.2 Å². The third-order valence-corrected chi connectivity index (χ3v) is 7.27. The van der Waals surface area contributed by atoms with Crippen LogP contribution in [0.2, 0.25) is 0 Å². The Bertz CT molecular complexity index is 1410. The second-order valence-corrected chi connectivity index (χ2v) is 9.58. The minimum atomic E-state index is -0.0604. The van der Waals surface area contributed by atoms with E-state index in [2.05, 4.69) is 6.07 Å². The van der Waals surface area contributed by atoms with Crippen LogP contribution in [0.1, 0.15) is 25.3 Å². The average Bonchev–Trinajstić information content (AvgIpc) is 3.21. The first kappa shape index (κ1) is 22.5. The fraction of sp³-hybridized carbons (Fsp3) is 0.296. The van der Waals surface area contributed by atoms with E-state index in [1.54, 1.807) is 4.57 Å². The molecule has 0 fully saturated rings. The monoisotopic (exact) mass is 472 g/mol. The highest BCUT2D eigenvalue weighted by atomic mass is 32.2. The van der Waals surface area contributed by atoms with Crippen LogP contribution in [0.15, 0.2) is 70.7 Å². The number of hydrogen-bond donors (Lipinski definition) is 0. The molecule has 1 aliphatic rings. The minimum Gasteiger partial charge on any atom is -0.344 e. The van der Waals surface area contributed by atoms with Gasteiger partial charge in [0.05, 0.1) is 5.75 Å². The Morgan fingerprint density at radius 3 is 2.65 bits per heavy atom. The van der Waals surface area contributed by atoms with Gasteiger partial charge in [0.1, 0.15) is 11.0 Å². The number of carbonyl (C=O) groups is 1. The number of thioether (sulfide) groups is 1. The zero-order valence-electron chi connectivity index (χ0n) is 19.5. The van der Waals surface area contributed by atoms with Gasteiger partial charge in [-0.3, -0.25) is 14.2 Å². The molecule has 7 heteroatoms. The molecule has 0 radical (unpaired) electrons. The summed E-state index contributed by atoms with van der Waals surface area (Å²) in [6.45, 7) is 3.33. The van der Waals surface area contributed by atoms with Crippen LogP contribution in [-0.2, 0) is 24.8 Å². The lowest BCUT2D eigenvalue weighted by Crippen LogP contribution is -2.36. The van der Waals surface area contributed by atoms with Crippen LogP contribution in [0.4, 0.5) is 5.69 Å². The standard InChI is InChI=1S/C27H28N4O2S/c1-3-15-31-26(33)25-24(21(17-29(25)2)19-10-5-4-6-11-19)28-27(31)34-18-23(32)30-16-9-13-20-12-7-8-14-22(20)30/h4-8,10-12,14,17H,3,9,13,15-16,18H2,1-2H3. The summed E-state index contributed by atoms with van der Waals surface area (Å²) in [6.07, 6.45) is 4.74. The Morgan fingerprint density at radius 2 is 1.85 bits per heavy atom. The van der Waals surface area contributed by atoms with Gasteiger partial charge >= 0.3 is 0 Å². The molecule has 1 amide bonds. The van der Waals surface area contributed by atoms with Crippen molar-refractivity contribution < 1.29 is 4.79 Å². The van der Waals surface area contributed by atoms with Crippen LogP contribution in [0.3, 0.4) is 0 Å². The molecule has 174 valence electrons. The number of nitrogens with zero attached hydrogens (tertiary/aromatic N) is 4. The number of benzene rings is 2. The van der Waals surface area contributed by atoms with Crippen molar-refractivity contribution in [3.63, 3.8) is 0 Å². The molecule has 2 aromatic carbocycles. The average molecular weight is 473 g/mol. The van der Waals surface area contributed by atoms with Gasteiger partial charge in [-0.1, -0.05) is 67.2 Å². The van der Waals surface area contributed by atoms with Crippen LogP contribution < -0.4 is 10.5 Å². The van der Waals surface area contributed by atoms with Gasteiger partial charge in [-0.15, -0.1) is 0 Å². The Morgan fingerprint density at radius 1 is 1.09 bits per heavy atom. The summed E-state index contributed by atoms with van der Waals surface area (Å²) < 4.78 is 3.59. The maximum absolute atomic E-state index is 13.5. The maximum atomic E-state index is 13.5. The number of aromatic nitrogens is 3. The molecule has 2 aromatic heterocycles. The maximum Gasteiger partial charge on any atom is 0.278 e. The van der Waals surface area contributed by atoms with Crippen molar-refractivity contribution in [1.82, 2.24) is 14.1 Å². The van der Waals surface area contributed by atoms with Crippen molar-refractivity contribution >= 4 is 34.4 Å². The molecular formula is C27H28N4O2S. The highest BCUT2D eigenvalue weighted by molar-refractivity contribution is 7.99. The van der Waals surface area contributed by atoms with Gasteiger partial charge in [0.25, 0.3) is 5.56 Å². The summed E-state index contributed by atoms with van der Waals surface area (Å²) >= 11 is 1.36. The van der Waals surface area contributed by atoms with E-state index in [0.29, 0.717) is 22.7 Å². The van der Waals surface area contributed by atoms with E-state index in [4.69, 9.17) is 4.98 Å². The lowest BCUT2D eigenvalue weighted by Gasteiger charge is -2.29. The number of carbonyl (C=O) groups excluding carboxylic acids is 1. The molecule has 6 nitrogen and oxygen atoms in total. The van der Waals surface area contributed by atoms with Crippen LogP contribution >= 0.6 is 11.8 Å². The second-order valence-electron chi connectivity index (χ2n) is 8.63. The molecule has 0 saturated heterocycles. The molecule has 0 unspecified atom stereocenters. The Hall–Kier alpha value is -3.32. The minimum absolute atomic E-state index is 0.0471. The number of amides is 1. The first-order valence-electron chi connectivity index (χ1n) is 11.7. The summed E-state index contributed by atoms with van der Waals surface area (Å²) in [5, 5.41) is 0.598. The summed E-state index contributed by atoms with van der Waals surface area (Å²) in [4.78, 5) is 33.6. The van der Waals surface area contributed by atoms with Crippen molar-refractivity contribution in [3.05, 3.63) is 76.7 Å². The van der Waals surface area contributed by atoms with Gasteiger partial charge in [0, 0.05) is 37.6 Å². The highest BCUT2D eigenvalue weighted by Crippen LogP contribution is 2.31. The summed E-state index contributed by atoms with van der Waals surface area (Å²) in [5.74, 6) is 0.287. The van der Waals surface area contributed by atoms with Gasteiger partial charge in [-0.05, 0) is 36.5 Å². The largest absolute Gasteiger partial charge is 0.344 e. The summed E-state index contributed by atoms with van der Waals surface area (Å²) in [5.41, 5.74) is 5.38. The summed E-state index contributed by atoms with van der Waals surface area (Å²) in [6, 6.07) is 18.1. The Labute approximate surface area is 203 Å². The lowest BCUT2D eigenvalue weighted by atomic mass is 10.0. The van der Waals surface area contributed by atoms with Crippen LogP contribution in [0, 0.1) is 0 Å². The van der Waals surface area contributed by atoms with E-state index in [9.17, 15) is 9.59 Å². The zero-order chi connectivity index (χ0) is 23.7. The predicted molar refractivity (Wildman–Crippen MR) is 139 cm³/mol. The van der Waals surface area contributed by atoms with Crippen molar-refractivity contribution in [2.45, 2.75) is 37.9 Å². The molecule has 0 atom stereocenters. The fourth-order valence-corrected chi connectivity index (χ4v) is 5.60. The van der Waals surface area contributed by atoms with E-state index < -0.39 is 0 Å². The first-order valence-corrected chi connectivity index (χ1v) is 12.7. The molecule has 3 heterocycles. The molecule has 34 heavy (non-hydrogen) atoms. The van der Waals surface area contributed by atoms with E-state index >= 15 is 0 Å². The van der Waals surface area contributed by atoms with Crippen LogP contribution in [-0.4, -0.2) is 32.3 Å². The smallest absolute Gasteiger partial charge is 0.278 e. The van der Waals surface area contributed by atoms with E-state index in [1.807, 2.05) is 78.2 Å². The number of fused-ring (bicyclic) bond motifs is 2. The molecular weight excluding hydrogens is 444 g/mol. The van der Waals surface area contributed by atoms with Crippen molar-refractivity contribution in [3.8, 4) is 11.1 Å². The SMILES string of the molecule is CCCn1c(SCC(=O)N2CCCc3ccccc32)nc2c(-c3ccccc3)cn(C)c2c1=O. The number of rotatable bonds is 6. The topological polar surface area (TPSA) is 60.1 Å². The Balaban J connectivity index is 1.51. The molecule has 0 N–H and O–H groups in total. The van der Waals surface area contributed by atoms with Crippen molar-refractivity contribution in [2.75, 3.05) is 17.2 Å². The third-order valence-electron chi connectivity index (χ3n) is 6.31. The van der Waals surface area contributed by atoms with Crippen molar-refractivity contribution in [1.29, 1.82) is 0 Å². The van der Waals surface area contributed by atoms with Crippen LogP contribution in [0.5, 0.6) is 0 Å². The van der Waals surface area contributed by atoms with E-state index in [1.165, 1.54) is 17.3 Å². The van der Waals surface area contributed by atoms with Gasteiger partial charge in [0.15, 0.2) is 5.16 Å². The Kier molecular flexibility index (Phi) is 6.28. The summed E-state index contributed by atoms with van der Waals surface area (Å²) in [7, 11) is 1.89. The molecule has 0 spiro atoms. The number of anilines is 1. The van der Waals surface area contributed by atoms with Gasteiger partial charge in [-0.25, -0.2) is 4.98 Å². The van der Waals surface area contributed by atoms with Crippen molar-refractivity contribution in [2.24, 2.45) is 7.05 Å². The van der Waals surface area contributed by atoms with Gasteiger partial charge in [-0.2, -0.15) is 0 Å². The zero-order valence-corrected chi connectivity index (χ0v) is 20.3. The second kappa shape index (κ2) is 9.50. The number of hydrogen-bond acceptors (Lipinski definition) is 4. The first-order chi connectivity index (χ1) is 16.6. The van der Waals surface area contributed by atoms with Gasteiger partial charge < -0.3 is 9.47 Å².